The maximum absolute atomic E-state index is 13.3. The monoisotopic (exact) mass is 1000 g/mol. The standard InChI is InChI=1S/C29H38N6O5.C24H30N6O3/c1-20-14-23-27(31-16-20)32-18-26(36)34(23)11-10-33-8-6-22(7-9-33)35(28(37)40-29(2,3)4)19-21-15-24-25(17-30-21)39-13-5-12-38-24;1-17-11-20-24(27-13-17)28-16-23(31)30(20)8-7-29-5-3-18(4-6-29)25-14-19-12-21-22(15-26-19)33-10-2-9-32-21/h14-18,22H,5-13,19H2,1-4H3;11-13,15-16,18,25H,2-10,14H2,1H3. The van der Waals surface area contributed by atoms with Gasteiger partial charge in [0.25, 0.3) is 11.1 Å². The molecule has 0 aliphatic carbocycles. The molecule has 0 aromatic carbocycles. The highest BCUT2D eigenvalue weighted by atomic mass is 16.6. The van der Waals surface area contributed by atoms with Gasteiger partial charge in [0.15, 0.2) is 34.3 Å². The van der Waals surface area contributed by atoms with Gasteiger partial charge in [0.1, 0.15) is 5.60 Å². The van der Waals surface area contributed by atoms with Crippen molar-refractivity contribution >= 4 is 28.4 Å². The predicted molar refractivity (Wildman–Crippen MR) is 274 cm³/mol. The van der Waals surface area contributed by atoms with Crippen molar-refractivity contribution in [1.82, 2.24) is 59.1 Å². The first-order chi connectivity index (χ1) is 35.3. The molecule has 10 rings (SSSR count). The third-order valence-corrected chi connectivity index (χ3v) is 13.5. The van der Waals surface area contributed by atoms with E-state index in [1.807, 2.05) is 58.9 Å². The molecule has 2 saturated heterocycles. The van der Waals surface area contributed by atoms with Gasteiger partial charge in [-0.25, -0.2) is 24.7 Å². The van der Waals surface area contributed by atoms with Crippen LogP contribution in [-0.4, -0.2) is 143 Å². The number of aryl methyl sites for hydroxylation is 2. The van der Waals surface area contributed by atoms with Crippen molar-refractivity contribution in [2.45, 2.75) is 117 Å². The molecule has 0 spiro atoms. The van der Waals surface area contributed by atoms with Crippen LogP contribution < -0.4 is 35.4 Å². The number of ether oxygens (including phenoxy) is 5. The number of pyridine rings is 4. The Morgan fingerprint density at radius 3 is 1.60 bits per heavy atom. The average molecular weight is 1000 g/mol. The Morgan fingerprint density at radius 2 is 1.08 bits per heavy atom. The molecule has 1 amide bonds. The second kappa shape index (κ2) is 23.4. The Labute approximate surface area is 425 Å². The number of hydrogen-bond acceptors (Lipinski definition) is 17. The molecule has 20 nitrogen and oxygen atoms in total. The number of carbonyl (C=O) groups excluding carboxylic acids is 1. The molecule has 4 aliphatic heterocycles. The Bertz CT molecular complexity index is 2980. The minimum atomic E-state index is -0.609. The van der Waals surface area contributed by atoms with Crippen LogP contribution in [0.1, 0.15) is 81.8 Å². The van der Waals surface area contributed by atoms with Crippen molar-refractivity contribution in [3.8, 4) is 23.0 Å². The molecular formula is C53H68N12O8. The number of fused-ring (bicyclic) bond motifs is 4. The molecule has 10 heterocycles. The van der Waals surface area contributed by atoms with Crippen molar-refractivity contribution in [1.29, 1.82) is 0 Å². The quantitative estimate of drug-likeness (QED) is 0.161. The van der Waals surface area contributed by atoms with E-state index in [4.69, 9.17) is 23.7 Å². The van der Waals surface area contributed by atoms with Crippen LogP contribution in [0.15, 0.2) is 71.0 Å². The van der Waals surface area contributed by atoms with Crippen molar-refractivity contribution in [3.63, 3.8) is 0 Å². The van der Waals surface area contributed by atoms with Gasteiger partial charge >= 0.3 is 6.09 Å². The molecule has 0 radical (unpaired) electrons. The van der Waals surface area contributed by atoms with Gasteiger partial charge in [-0.1, -0.05) is 0 Å². The van der Waals surface area contributed by atoms with E-state index in [0.29, 0.717) is 81.4 Å². The normalized spacial score (nSPS) is 16.8. The van der Waals surface area contributed by atoms with Gasteiger partial charge in [0, 0.05) is 95.3 Å². The van der Waals surface area contributed by atoms with Gasteiger partial charge in [-0.05, 0) is 96.7 Å². The smallest absolute Gasteiger partial charge is 0.410 e. The highest BCUT2D eigenvalue weighted by Gasteiger charge is 2.32. The lowest BCUT2D eigenvalue weighted by Gasteiger charge is -2.39. The van der Waals surface area contributed by atoms with Crippen LogP contribution in [0.2, 0.25) is 0 Å². The lowest BCUT2D eigenvalue weighted by molar-refractivity contribution is 0.00531. The predicted octanol–water partition coefficient (Wildman–Crippen LogP) is 5.47. The fourth-order valence-electron chi connectivity index (χ4n) is 9.55. The van der Waals surface area contributed by atoms with Crippen LogP contribution in [0.3, 0.4) is 0 Å². The summed E-state index contributed by atoms with van der Waals surface area (Å²) in [5, 5.41) is 3.64. The number of piperidine rings is 2. The van der Waals surface area contributed by atoms with E-state index < -0.39 is 5.60 Å². The molecule has 6 aromatic heterocycles. The summed E-state index contributed by atoms with van der Waals surface area (Å²) in [7, 11) is 0. The summed E-state index contributed by atoms with van der Waals surface area (Å²) < 4.78 is 32.3. The molecule has 0 atom stereocenters. The number of carbonyl (C=O) groups is 1. The Morgan fingerprint density at radius 1 is 0.616 bits per heavy atom. The zero-order valence-corrected chi connectivity index (χ0v) is 42.8. The summed E-state index contributed by atoms with van der Waals surface area (Å²) in [6.07, 6.45) is 14.8. The van der Waals surface area contributed by atoms with Crippen molar-refractivity contribution in [3.05, 3.63) is 105 Å². The van der Waals surface area contributed by atoms with Crippen molar-refractivity contribution in [2.24, 2.45) is 0 Å². The summed E-state index contributed by atoms with van der Waals surface area (Å²) >= 11 is 0. The molecule has 73 heavy (non-hydrogen) atoms. The number of likely N-dealkylation sites (tertiary alicyclic amines) is 2. The van der Waals surface area contributed by atoms with E-state index in [9.17, 15) is 14.4 Å². The van der Waals surface area contributed by atoms with Gasteiger partial charge in [0.2, 0.25) is 0 Å². The van der Waals surface area contributed by atoms with E-state index in [2.05, 4.69) is 45.0 Å². The van der Waals surface area contributed by atoms with Gasteiger partial charge in [-0.15, -0.1) is 0 Å². The highest BCUT2D eigenvalue weighted by Crippen LogP contribution is 2.31. The Kier molecular flexibility index (Phi) is 16.4. The minimum Gasteiger partial charge on any atom is -0.489 e. The van der Waals surface area contributed by atoms with Gasteiger partial charge < -0.3 is 47.9 Å². The van der Waals surface area contributed by atoms with E-state index in [0.717, 1.165) is 123 Å². The Balaban J connectivity index is 0.000000183. The molecule has 0 unspecified atom stereocenters. The summed E-state index contributed by atoms with van der Waals surface area (Å²) in [6.45, 7) is 19.5. The molecule has 0 bridgehead atoms. The van der Waals surface area contributed by atoms with Crippen LogP contribution in [0.25, 0.3) is 22.3 Å². The summed E-state index contributed by atoms with van der Waals surface area (Å²) in [6, 6.07) is 8.24. The fourth-order valence-corrected chi connectivity index (χ4v) is 9.55. The molecule has 20 heteroatoms. The van der Waals surface area contributed by atoms with Crippen molar-refractivity contribution < 1.29 is 28.5 Å². The summed E-state index contributed by atoms with van der Waals surface area (Å²) in [5.41, 5.74) is 5.64. The second-order valence-corrected chi connectivity index (χ2v) is 20.2. The first kappa shape index (κ1) is 51.1. The molecule has 4 aliphatic rings. The largest absolute Gasteiger partial charge is 0.489 e. The molecule has 2 fully saturated rings. The molecular weight excluding hydrogens is 933 g/mol. The third-order valence-electron chi connectivity index (χ3n) is 13.5. The van der Waals surface area contributed by atoms with Gasteiger partial charge in [-0.3, -0.25) is 24.5 Å². The third kappa shape index (κ3) is 13.5. The number of nitrogens with zero attached hydrogens (tertiary/aromatic N) is 11. The lowest BCUT2D eigenvalue weighted by atomic mass is 10.0. The van der Waals surface area contributed by atoms with Crippen LogP contribution in [0.4, 0.5) is 4.79 Å². The van der Waals surface area contributed by atoms with E-state index in [1.54, 1.807) is 38.8 Å². The number of rotatable bonds is 12. The molecule has 388 valence electrons. The van der Waals surface area contributed by atoms with Crippen LogP contribution in [-0.2, 0) is 30.9 Å². The molecule has 1 N–H and O–H groups in total. The fraction of sp³-hybridized carbons (Fsp3) is 0.528. The zero-order valence-electron chi connectivity index (χ0n) is 42.8. The lowest BCUT2D eigenvalue weighted by Crippen LogP contribution is -2.49. The average Bonchev–Trinajstić information content (AvgIpc) is 3.77. The highest BCUT2D eigenvalue weighted by molar-refractivity contribution is 5.71. The van der Waals surface area contributed by atoms with Crippen LogP contribution in [0, 0.1) is 13.8 Å². The number of hydrogen-bond donors (Lipinski definition) is 1. The van der Waals surface area contributed by atoms with Crippen LogP contribution in [0.5, 0.6) is 23.0 Å². The van der Waals surface area contributed by atoms with E-state index in [1.165, 1.54) is 12.4 Å². The SMILES string of the molecule is Cc1cnc2ncc(=O)n(CCN3CCC(N(Cc4cc5c(cn4)OCCCO5)C(=O)OC(C)(C)C)CC3)c2c1.Cc1cnc2ncc(=O)n(CCN3CCC(NCc4cc5c(cn4)OCCCO5)CC3)c2c1. The number of amides is 1. The van der Waals surface area contributed by atoms with Crippen LogP contribution >= 0.6 is 0 Å². The molecule has 6 aromatic rings. The maximum atomic E-state index is 13.3. The first-order valence-corrected chi connectivity index (χ1v) is 25.6. The van der Waals surface area contributed by atoms with Gasteiger partial charge in [0.05, 0.1) is 80.2 Å². The number of nitrogens with one attached hydrogen (secondary N) is 1. The Hall–Kier alpha value is -6.77. The summed E-state index contributed by atoms with van der Waals surface area (Å²) in [5.74, 6) is 2.81. The second-order valence-electron chi connectivity index (χ2n) is 20.2. The van der Waals surface area contributed by atoms with Gasteiger partial charge in [-0.2, -0.15) is 0 Å². The minimum absolute atomic E-state index is 0.000191. The first-order valence-electron chi connectivity index (χ1n) is 25.6. The number of aromatic nitrogens is 8. The van der Waals surface area contributed by atoms with E-state index >= 15 is 0 Å². The summed E-state index contributed by atoms with van der Waals surface area (Å²) in [4.78, 5) is 71.1. The topological polar surface area (TPSA) is 206 Å². The zero-order chi connectivity index (χ0) is 50.9. The maximum Gasteiger partial charge on any atom is 0.410 e. The molecule has 0 saturated carbocycles. The van der Waals surface area contributed by atoms with Crippen molar-refractivity contribution in [2.75, 3.05) is 65.7 Å². The van der Waals surface area contributed by atoms with E-state index in [-0.39, 0.29) is 23.3 Å².